The van der Waals surface area contributed by atoms with Crippen molar-refractivity contribution in [2.24, 2.45) is 0 Å². The Kier molecular flexibility index (Phi) is 7.78. The summed E-state index contributed by atoms with van der Waals surface area (Å²) in [6.07, 6.45) is 2.45. The summed E-state index contributed by atoms with van der Waals surface area (Å²) >= 11 is 6.61. The van der Waals surface area contributed by atoms with Gasteiger partial charge in [0, 0.05) is 48.8 Å². The minimum Gasteiger partial charge on any atom is -0.465 e. The summed E-state index contributed by atoms with van der Waals surface area (Å²) in [4.78, 5) is 34.6. The number of aromatic amines is 1. The lowest BCUT2D eigenvalue weighted by Crippen LogP contribution is -2.30. The Bertz CT molecular complexity index is 1830. The van der Waals surface area contributed by atoms with Crippen molar-refractivity contribution in [2.75, 3.05) is 25.2 Å². The lowest BCUT2D eigenvalue weighted by atomic mass is 10.0. The SMILES string of the molecule is COCCCN(C(=O)O)c1ccc(-c2nc([C@@H]3CCc4cc(-c5cc(C)ccc5-n5cnnn5)cc(=O)n43)[nH]c2Cl)cc1. The van der Waals surface area contributed by atoms with E-state index in [9.17, 15) is 14.7 Å². The summed E-state index contributed by atoms with van der Waals surface area (Å²) in [5, 5.41) is 21.5. The van der Waals surface area contributed by atoms with E-state index in [1.54, 1.807) is 46.7 Å². The van der Waals surface area contributed by atoms with E-state index in [1.807, 2.05) is 31.2 Å². The van der Waals surface area contributed by atoms with Gasteiger partial charge in [-0.2, -0.15) is 4.68 Å². The Labute approximate surface area is 251 Å². The summed E-state index contributed by atoms with van der Waals surface area (Å²) in [6.45, 7) is 2.78. The predicted octanol–water partition coefficient (Wildman–Crippen LogP) is 4.90. The van der Waals surface area contributed by atoms with Gasteiger partial charge < -0.3 is 19.4 Å². The van der Waals surface area contributed by atoms with Crippen molar-refractivity contribution < 1.29 is 14.6 Å². The number of carboxylic acid groups (broad SMARTS) is 1. The van der Waals surface area contributed by atoms with Crippen LogP contribution >= 0.6 is 11.6 Å². The summed E-state index contributed by atoms with van der Waals surface area (Å²) in [5.41, 5.74) is 6.06. The molecule has 0 spiro atoms. The van der Waals surface area contributed by atoms with Crippen molar-refractivity contribution in [2.45, 2.75) is 32.2 Å². The monoisotopic (exact) mass is 600 g/mol. The van der Waals surface area contributed by atoms with E-state index in [1.165, 1.54) is 11.2 Å². The number of fused-ring (bicyclic) bond motifs is 1. The van der Waals surface area contributed by atoms with Crippen LogP contribution in [0.1, 0.15) is 36.0 Å². The Morgan fingerprint density at radius 2 is 1.98 bits per heavy atom. The maximum Gasteiger partial charge on any atom is 0.411 e. The van der Waals surface area contributed by atoms with Gasteiger partial charge in [-0.25, -0.2) is 9.78 Å². The van der Waals surface area contributed by atoms with Crippen molar-refractivity contribution in [1.82, 2.24) is 34.7 Å². The number of rotatable bonds is 9. The first-order valence-electron chi connectivity index (χ1n) is 13.8. The Morgan fingerprint density at radius 3 is 2.70 bits per heavy atom. The molecule has 6 rings (SSSR count). The molecule has 1 aliphatic heterocycles. The molecule has 0 radical (unpaired) electrons. The van der Waals surface area contributed by atoms with Crippen molar-refractivity contribution in [3.05, 3.63) is 93.5 Å². The van der Waals surface area contributed by atoms with Gasteiger partial charge in [0.15, 0.2) is 0 Å². The maximum absolute atomic E-state index is 13.6. The molecular weight excluding hydrogens is 572 g/mol. The minimum absolute atomic E-state index is 0.139. The van der Waals surface area contributed by atoms with E-state index >= 15 is 0 Å². The van der Waals surface area contributed by atoms with Crippen molar-refractivity contribution in [1.29, 1.82) is 0 Å². The van der Waals surface area contributed by atoms with E-state index in [-0.39, 0.29) is 11.6 Å². The van der Waals surface area contributed by atoms with Crippen molar-refractivity contribution >= 4 is 23.4 Å². The number of methoxy groups -OCH3 is 1. The lowest BCUT2D eigenvalue weighted by Gasteiger charge is -2.19. The van der Waals surface area contributed by atoms with Gasteiger partial charge in [-0.3, -0.25) is 9.69 Å². The Balaban J connectivity index is 1.29. The largest absolute Gasteiger partial charge is 0.465 e. The molecule has 0 aliphatic carbocycles. The highest BCUT2D eigenvalue weighted by molar-refractivity contribution is 6.31. The molecule has 4 heterocycles. The number of anilines is 1. The number of halogens is 1. The van der Waals surface area contributed by atoms with E-state index in [2.05, 4.69) is 20.5 Å². The topological polar surface area (TPSA) is 144 Å². The van der Waals surface area contributed by atoms with Crippen LogP contribution in [0, 0.1) is 6.92 Å². The number of imidazole rings is 1. The smallest absolute Gasteiger partial charge is 0.411 e. The highest BCUT2D eigenvalue weighted by Gasteiger charge is 2.29. The molecule has 1 amide bonds. The van der Waals surface area contributed by atoms with E-state index in [4.69, 9.17) is 21.3 Å². The van der Waals surface area contributed by atoms with E-state index in [0.717, 1.165) is 33.6 Å². The van der Waals surface area contributed by atoms with Gasteiger partial charge in [0.25, 0.3) is 5.56 Å². The maximum atomic E-state index is 13.6. The number of nitrogens with one attached hydrogen (secondary N) is 1. The number of aryl methyl sites for hydroxylation is 2. The molecule has 0 bridgehead atoms. The fourth-order valence-corrected chi connectivity index (χ4v) is 5.83. The van der Waals surface area contributed by atoms with Crippen LogP contribution < -0.4 is 10.5 Å². The molecule has 2 N–H and O–H groups in total. The molecule has 13 heteroatoms. The van der Waals surface area contributed by atoms with Crippen LogP contribution in [-0.2, 0) is 11.2 Å². The number of carbonyl (C=O) groups is 1. The molecule has 3 aromatic heterocycles. The van der Waals surface area contributed by atoms with Gasteiger partial charge in [-0.15, -0.1) is 5.10 Å². The Hall–Kier alpha value is -4.81. The molecule has 12 nitrogen and oxygen atoms in total. The van der Waals surface area contributed by atoms with Gasteiger partial charge in [-0.05, 0) is 72.5 Å². The fraction of sp³-hybridized carbons (Fsp3) is 0.267. The highest BCUT2D eigenvalue weighted by atomic mass is 35.5. The molecule has 43 heavy (non-hydrogen) atoms. The molecule has 0 unspecified atom stereocenters. The molecule has 0 fully saturated rings. The first-order valence-corrected chi connectivity index (χ1v) is 14.2. The molecule has 0 saturated heterocycles. The number of hydrogen-bond acceptors (Lipinski definition) is 7. The first kappa shape index (κ1) is 28.3. The minimum atomic E-state index is -1.04. The first-order chi connectivity index (χ1) is 20.8. The van der Waals surface area contributed by atoms with Crippen LogP contribution in [0.25, 0.3) is 28.1 Å². The molecule has 5 aromatic rings. The zero-order chi connectivity index (χ0) is 30.1. The zero-order valence-corrected chi connectivity index (χ0v) is 24.3. The summed E-state index contributed by atoms with van der Waals surface area (Å²) in [7, 11) is 1.58. The summed E-state index contributed by atoms with van der Waals surface area (Å²) < 4.78 is 8.40. The highest BCUT2D eigenvalue weighted by Crippen LogP contribution is 2.36. The van der Waals surface area contributed by atoms with Crippen LogP contribution in [0.3, 0.4) is 0 Å². The van der Waals surface area contributed by atoms with Gasteiger partial charge >= 0.3 is 6.09 Å². The molecule has 1 aliphatic rings. The average Bonchev–Trinajstić information content (AvgIpc) is 3.76. The second-order valence-electron chi connectivity index (χ2n) is 10.4. The summed E-state index contributed by atoms with van der Waals surface area (Å²) in [5.74, 6) is 0.592. The number of H-pyrrole nitrogens is 1. The quantitative estimate of drug-likeness (QED) is 0.227. The fourth-order valence-electron chi connectivity index (χ4n) is 5.58. The van der Waals surface area contributed by atoms with Gasteiger partial charge in [0.1, 0.15) is 23.0 Å². The molecular formula is C30H29ClN8O4. The Morgan fingerprint density at radius 1 is 1.16 bits per heavy atom. The third kappa shape index (κ3) is 5.54. The van der Waals surface area contributed by atoms with Crippen LogP contribution in [0.2, 0.25) is 5.15 Å². The van der Waals surface area contributed by atoms with Crippen LogP contribution in [0.15, 0.2) is 65.7 Å². The van der Waals surface area contributed by atoms with Crippen LogP contribution in [0.4, 0.5) is 10.5 Å². The summed E-state index contributed by atoms with van der Waals surface area (Å²) in [6, 6.07) is 16.3. The lowest BCUT2D eigenvalue weighted by molar-refractivity contribution is 0.189. The third-order valence-corrected chi connectivity index (χ3v) is 7.87. The molecule has 0 saturated carbocycles. The zero-order valence-electron chi connectivity index (χ0n) is 23.6. The predicted molar refractivity (Wildman–Crippen MR) is 161 cm³/mol. The van der Waals surface area contributed by atoms with Crippen molar-refractivity contribution in [3.63, 3.8) is 0 Å². The molecule has 220 valence electrons. The van der Waals surface area contributed by atoms with E-state index < -0.39 is 6.09 Å². The van der Waals surface area contributed by atoms with Crippen molar-refractivity contribution in [3.8, 4) is 28.1 Å². The number of amides is 1. The number of tetrazole rings is 1. The number of pyridine rings is 1. The number of hydrogen-bond donors (Lipinski definition) is 2. The number of aromatic nitrogens is 7. The van der Waals surface area contributed by atoms with Crippen LogP contribution in [-0.4, -0.2) is 66.2 Å². The second-order valence-corrected chi connectivity index (χ2v) is 10.8. The standard InChI is InChI=1S/C30H29ClN8O4/c1-18-4-10-24(38-17-32-35-36-38)23(14-18)20-15-22-9-11-25(39(22)26(40)16-20)29-33-27(28(31)34-29)19-5-7-21(8-6-19)37(30(41)42)12-3-13-43-2/h4-8,10,14-17,25H,3,9,11-13H2,1-2H3,(H,33,34)(H,41,42)/t25-/m0/s1. The molecule has 2 aromatic carbocycles. The normalized spacial score (nSPS) is 14.2. The van der Waals surface area contributed by atoms with Gasteiger partial charge in [0.05, 0.1) is 11.7 Å². The van der Waals surface area contributed by atoms with Crippen LogP contribution in [0.5, 0.6) is 0 Å². The third-order valence-electron chi connectivity index (χ3n) is 7.60. The number of ether oxygens (including phenoxy) is 1. The van der Waals surface area contributed by atoms with Gasteiger partial charge in [-0.1, -0.05) is 35.4 Å². The van der Waals surface area contributed by atoms with Gasteiger partial charge in [0.2, 0.25) is 0 Å². The second kappa shape index (κ2) is 11.8. The number of nitrogens with zero attached hydrogens (tertiary/aromatic N) is 7. The average molecular weight is 601 g/mol. The van der Waals surface area contributed by atoms with E-state index in [0.29, 0.717) is 54.8 Å². The number of benzene rings is 2. The molecule has 1 atom stereocenters.